The van der Waals surface area contributed by atoms with E-state index in [-0.39, 0.29) is 6.04 Å². The van der Waals surface area contributed by atoms with Crippen LogP contribution in [0.2, 0.25) is 10.0 Å². The van der Waals surface area contributed by atoms with Crippen molar-refractivity contribution < 1.29 is 0 Å². The molecule has 1 atom stereocenters. The van der Waals surface area contributed by atoms with E-state index in [1.54, 1.807) is 0 Å². The van der Waals surface area contributed by atoms with Gasteiger partial charge in [0.2, 0.25) is 0 Å². The van der Waals surface area contributed by atoms with Crippen molar-refractivity contribution in [1.82, 2.24) is 5.43 Å². The van der Waals surface area contributed by atoms with Gasteiger partial charge in [-0.25, -0.2) is 0 Å². The van der Waals surface area contributed by atoms with Crippen molar-refractivity contribution in [2.75, 3.05) is 0 Å². The summed E-state index contributed by atoms with van der Waals surface area (Å²) in [7, 11) is 0. The maximum atomic E-state index is 6.21. The molecular formula is C15H20Cl2N2. The van der Waals surface area contributed by atoms with Gasteiger partial charge in [0.25, 0.3) is 0 Å². The second-order valence-corrected chi connectivity index (χ2v) is 5.89. The van der Waals surface area contributed by atoms with Crippen LogP contribution in [0.1, 0.15) is 37.7 Å². The maximum absolute atomic E-state index is 6.21. The number of hydrazine groups is 1. The highest BCUT2D eigenvalue weighted by atomic mass is 35.5. The topological polar surface area (TPSA) is 38.0 Å². The molecule has 0 aliphatic heterocycles. The predicted molar refractivity (Wildman–Crippen MR) is 82.4 cm³/mol. The van der Waals surface area contributed by atoms with E-state index in [2.05, 4.69) is 11.5 Å². The average molecular weight is 299 g/mol. The molecule has 0 saturated carbocycles. The van der Waals surface area contributed by atoms with Gasteiger partial charge in [0, 0.05) is 16.1 Å². The summed E-state index contributed by atoms with van der Waals surface area (Å²) < 4.78 is 0. The van der Waals surface area contributed by atoms with Crippen molar-refractivity contribution in [2.24, 2.45) is 5.84 Å². The molecule has 0 bridgehead atoms. The highest BCUT2D eigenvalue weighted by Crippen LogP contribution is 2.28. The Balaban J connectivity index is 2.04. The van der Waals surface area contributed by atoms with Crippen molar-refractivity contribution in [3.8, 4) is 0 Å². The lowest BCUT2D eigenvalue weighted by Crippen LogP contribution is -2.37. The largest absolute Gasteiger partial charge is 0.271 e. The van der Waals surface area contributed by atoms with E-state index >= 15 is 0 Å². The number of benzene rings is 1. The first-order chi connectivity index (χ1) is 9.20. The van der Waals surface area contributed by atoms with Gasteiger partial charge in [-0.15, -0.1) is 0 Å². The Labute approximate surface area is 124 Å². The molecular weight excluding hydrogens is 279 g/mol. The van der Waals surface area contributed by atoms with E-state index < -0.39 is 0 Å². The molecule has 2 rings (SSSR count). The molecule has 1 aliphatic carbocycles. The molecule has 0 spiro atoms. The van der Waals surface area contributed by atoms with Gasteiger partial charge < -0.3 is 0 Å². The van der Waals surface area contributed by atoms with Crippen LogP contribution in [0.15, 0.2) is 29.8 Å². The molecule has 0 aromatic heterocycles. The average Bonchev–Trinajstić information content (AvgIpc) is 2.43. The molecule has 4 heteroatoms. The van der Waals surface area contributed by atoms with Crippen molar-refractivity contribution in [3.63, 3.8) is 0 Å². The van der Waals surface area contributed by atoms with Gasteiger partial charge in [-0.1, -0.05) is 40.9 Å². The summed E-state index contributed by atoms with van der Waals surface area (Å²) in [6, 6.07) is 5.79. The molecule has 1 aromatic carbocycles. The van der Waals surface area contributed by atoms with Crippen LogP contribution in [0.25, 0.3) is 0 Å². The summed E-state index contributed by atoms with van der Waals surface area (Å²) in [5.74, 6) is 5.67. The van der Waals surface area contributed by atoms with Crippen LogP contribution in [0, 0.1) is 0 Å². The molecule has 0 amide bonds. The quantitative estimate of drug-likeness (QED) is 0.484. The summed E-state index contributed by atoms with van der Waals surface area (Å²) in [6.07, 6.45) is 9.05. The maximum Gasteiger partial charge on any atom is 0.0453 e. The van der Waals surface area contributed by atoms with Crippen LogP contribution in [-0.2, 0) is 6.42 Å². The Hall–Kier alpha value is -0.540. The number of nitrogens with two attached hydrogens (primary N) is 1. The lowest BCUT2D eigenvalue weighted by atomic mass is 9.92. The van der Waals surface area contributed by atoms with E-state index in [0.717, 1.165) is 18.4 Å². The molecule has 0 heterocycles. The molecule has 0 fully saturated rings. The lowest BCUT2D eigenvalue weighted by molar-refractivity contribution is 0.505. The van der Waals surface area contributed by atoms with Gasteiger partial charge in [-0.05, 0) is 56.2 Å². The molecule has 3 N–H and O–H groups in total. The first kappa shape index (κ1) is 14.9. The Morgan fingerprint density at radius 1 is 1.16 bits per heavy atom. The Morgan fingerprint density at radius 2 is 1.89 bits per heavy atom. The van der Waals surface area contributed by atoms with Crippen LogP contribution < -0.4 is 11.3 Å². The van der Waals surface area contributed by atoms with E-state index in [9.17, 15) is 0 Å². The molecule has 1 aromatic rings. The van der Waals surface area contributed by atoms with Crippen molar-refractivity contribution in [1.29, 1.82) is 0 Å². The van der Waals surface area contributed by atoms with Crippen LogP contribution in [0.3, 0.4) is 0 Å². The van der Waals surface area contributed by atoms with Crippen LogP contribution in [0.4, 0.5) is 0 Å². The second-order valence-electron chi connectivity index (χ2n) is 5.08. The normalized spacial score (nSPS) is 17.1. The summed E-state index contributed by atoms with van der Waals surface area (Å²) in [5, 5.41) is 1.43. The fraction of sp³-hybridized carbons (Fsp3) is 0.467. The van der Waals surface area contributed by atoms with Gasteiger partial charge in [0.1, 0.15) is 0 Å². The smallest absolute Gasteiger partial charge is 0.0453 e. The third-order valence-electron chi connectivity index (χ3n) is 3.64. The summed E-state index contributed by atoms with van der Waals surface area (Å²) in [4.78, 5) is 0. The number of hydrogen-bond donors (Lipinski definition) is 2. The molecule has 1 aliphatic rings. The standard InChI is InChI=1S/C15H20Cl2N2/c16-14-7-4-8-15(17)13(14)10-12(19-18)9-11-5-2-1-3-6-11/h4-5,7-8,12,19H,1-3,6,9-10,18H2. The van der Waals surface area contributed by atoms with Crippen molar-refractivity contribution in [2.45, 2.75) is 44.6 Å². The third-order valence-corrected chi connectivity index (χ3v) is 4.35. The zero-order valence-electron chi connectivity index (χ0n) is 11.0. The zero-order valence-corrected chi connectivity index (χ0v) is 12.5. The van der Waals surface area contributed by atoms with Crippen molar-refractivity contribution in [3.05, 3.63) is 45.5 Å². The summed E-state index contributed by atoms with van der Waals surface area (Å²) >= 11 is 12.4. The summed E-state index contributed by atoms with van der Waals surface area (Å²) in [5.41, 5.74) is 5.37. The highest BCUT2D eigenvalue weighted by molar-refractivity contribution is 6.36. The van der Waals surface area contributed by atoms with Gasteiger partial charge in [0.05, 0.1) is 0 Å². The molecule has 0 saturated heterocycles. The van der Waals surface area contributed by atoms with Crippen molar-refractivity contribution >= 4 is 23.2 Å². The van der Waals surface area contributed by atoms with Gasteiger partial charge in [0.15, 0.2) is 0 Å². The van der Waals surface area contributed by atoms with Crippen LogP contribution in [0.5, 0.6) is 0 Å². The third kappa shape index (κ3) is 4.22. The number of rotatable bonds is 5. The Morgan fingerprint density at radius 3 is 2.47 bits per heavy atom. The number of hydrogen-bond acceptors (Lipinski definition) is 2. The van der Waals surface area contributed by atoms with E-state index in [1.807, 2.05) is 18.2 Å². The SMILES string of the molecule is NNC(CC1=CCCCC1)Cc1c(Cl)cccc1Cl. The van der Waals surface area contributed by atoms with E-state index in [4.69, 9.17) is 29.0 Å². The predicted octanol–water partition coefficient (Wildman–Crippen LogP) is 4.26. The Bertz CT molecular complexity index is 437. The molecule has 104 valence electrons. The van der Waals surface area contributed by atoms with Gasteiger partial charge >= 0.3 is 0 Å². The van der Waals surface area contributed by atoms with Gasteiger partial charge in [-0.2, -0.15) is 0 Å². The fourth-order valence-corrected chi connectivity index (χ4v) is 3.12. The summed E-state index contributed by atoms with van der Waals surface area (Å²) in [6.45, 7) is 0. The minimum atomic E-state index is 0.182. The van der Waals surface area contributed by atoms with E-state index in [1.165, 1.54) is 31.3 Å². The molecule has 0 radical (unpaired) electrons. The monoisotopic (exact) mass is 298 g/mol. The minimum absolute atomic E-state index is 0.182. The number of nitrogens with one attached hydrogen (secondary N) is 1. The second kappa shape index (κ2) is 7.30. The first-order valence-electron chi connectivity index (χ1n) is 6.77. The fourth-order valence-electron chi connectivity index (χ4n) is 2.57. The van der Waals surface area contributed by atoms with Crippen LogP contribution >= 0.6 is 23.2 Å². The number of halogens is 2. The molecule has 1 unspecified atom stereocenters. The molecule has 2 nitrogen and oxygen atoms in total. The number of allylic oxidation sites excluding steroid dienone is 1. The lowest BCUT2D eigenvalue weighted by Gasteiger charge is -2.21. The molecule has 19 heavy (non-hydrogen) atoms. The highest BCUT2D eigenvalue weighted by Gasteiger charge is 2.15. The zero-order chi connectivity index (χ0) is 13.7. The minimum Gasteiger partial charge on any atom is -0.271 e. The van der Waals surface area contributed by atoms with Crippen LogP contribution in [-0.4, -0.2) is 6.04 Å². The van der Waals surface area contributed by atoms with E-state index in [0.29, 0.717) is 10.0 Å². The first-order valence-corrected chi connectivity index (χ1v) is 7.53. The Kier molecular flexibility index (Phi) is 5.71. The van der Waals surface area contributed by atoms with Gasteiger partial charge in [-0.3, -0.25) is 11.3 Å².